The van der Waals surface area contributed by atoms with Gasteiger partial charge >= 0.3 is 5.97 Å². The Bertz CT molecular complexity index is 295. The molecule has 6 nitrogen and oxygen atoms in total. The zero-order valence-corrected chi connectivity index (χ0v) is 9.81. The Morgan fingerprint density at radius 2 is 1.94 bits per heavy atom. The molecule has 0 saturated heterocycles. The normalized spacial score (nSPS) is 20.7. The molecule has 1 rings (SSSR count). The van der Waals surface area contributed by atoms with Crippen LogP contribution >= 0.6 is 0 Å². The van der Waals surface area contributed by atoms with E-state index in [1.165, 1.54) is 6.92 Å². The van der Waals surface area contributed by atoms with Gasteiger partial charge in [-0.1, -0.05) is 12.8 Å². The number of likely N-dealkylation sites (N-methyl/N-ethyl adjacent to an activating group) is 1. The minimum Gasteiger partial charge on any atom is -0.478 e. The maximum Gasteiger partial charge on any atom is 0.346 e. The van der Waals surface area contributed by atoms with Gasteiger partial charge in [-0.05, 0) is 26.8 Å². The van der Waals surface area contributed by atoms with Crippen molar-refractivity contribution in [3.63, 3.8) is 0 Å². The fourth-order valence-electron chi connectivity index (χ4n) is 2.18. The summed E-state index contributed by atoms with van der Waals surface area (Å²) in [5.41, 5.74) is 9.21. The molecule has 92 valence electrons. The third-order valence-corrected chi connectivity index (χ3v) is 3.31. The molecule has 0 spiro atoms. The van der Waals surface area contributed by atoms with Crippen LogP contribution in [0.25, 0.3) is 0 Å². The summed E-state index contributed by atoms with van der Waals surface area (Å²) in [5, 5.41) is 9.25. The number of hydrogen-bond acceptors (Lipinski definition) is 3. The van der Waals surface area contributed by atoms with Crippen LogP contribution in [0, 0.1) is 0 Å². The van der Waals surface area contributed by atoms with E-state index < -0.39 is 11.6 Å². The molecule has 0 bridgehead atoms. The van der Waals surface area contributed by atoms with Crippen LogP contribution in [0.3, 0.4) is 0 Å². The number of nitrogens with two attached hydrogens (primary N) is 2. The quantitative estimate of drug-likeness (QED) is 0.461. The third-order valence-electron chi connectivity index (χ3n) is 3.31. The lowest BCUT2D eigenvalue weighted by Crippen LogP contribution is -2.54. The molecular weight excluding hydrogens is 208 g/mol. The van der Waals surface area contributed by atoms with Crippen molar-refractivity contribution in [3.8, 4) is 0 Å². The maximum atomic E-state index is 11.3. The molecule has 0 radical (unpaired) electrons. The predicted octanol–water partition coefficient (Wildman–Crippen LogP) is -0.0650. The first-order valence-electron chi connectivity index (χ1n) is 5.45. The molecule has 5 N–H and O–H groups in total. The minimum atomic E-state index is -1.37. The second kappa shape index (κ2) is 4.69. The highest BCUT2D eigenvalue weighted by Crippen LogP contribution is 2.28. The second-order valence-electron chi connectivity index (χ2n) is 4.41. The highest BCUT2D eigenvalue weighted by molar-refractivity contribution is 5.84. The Morgan fingerprint density at radius 3 is 2.31 bits per heavy atom. The lowest BCUT2D eigenvalue weighted by atomic mass is 10.1. The minimum absolute atomic E-state index is 0.199. The van der Waals surface area contributed by atoms with Gasteiger partial charge in [0.1, 0.15) is 0 Å². The van der Waals surface area contributed by atoms with E-state index in [9.17, 15) is 9.90 Å². The van der Waals surface area contributed by atoms with Gasteiger partial charge in [-0.3, -0.25) is 4.90 Å². The van der Waals surface area contributed by atoms with E-state index in [1.807, 2.05) is 0 Å². The lowest BCUT2D eigenvalue weighted by Gasteiger charge is -2.35. The molecule has 16 heavy (non-hydrogen) atoms. The number of guanidine groups is 1. The van der Waals surface area contributed by atoms with Crippen LogP contribution in [0.1, 0.15) is 32.6 Å². The summed E-state index contributed by atoms with van der Waals surface area (Å²) in [5.74, 6) is -1.23. The molecule has 1 aliphatic rings. The second-order valence-corrected chi connectivity index (χ2v) is 4.41. The van der Waals surface area contributed by atoms with Crippen LogP contribution in [0.2, 0.25) is 0 Å². The van der Waals surface area contributed by atoms with E-state index >= 15 is 0 Å². The van der Waals surface area contributed by atoms with Crippen LogP contribution in [0.5, 0.6) is 0 Å². The molecule has 0 aromatic heterocycles. The number of carboxylic acids is 1. The maximum absolute atomic E-state index is 11.3. The van der Waals surface area contributed by atoms with Crippen molar-refractivity contribution >= 4 is 11.9 Å². The van der Waals surface area contributed by atoms with E-state index in [2.05, 4.69) is 4.99 Å². The third kappa shape index (κ3) is 2.44. The van der Waals surface area contributed by atoms with Gasteiger partial charge in [0.2, 0.25) is 5.66 Å². The van der Waals surface area contributed by atoms with Crippen molar-refractivity contribution in [1.82, 2.24) is 4.90 Å². The first-order chi connectivity index (χ1) is 7.38. The number of rotatable bonds is 4. The van der Waals surface area contributed by atoms with Crippen molar-refractivity contribution < 1.29 is 9.90 Å². The largest absolute Gasteiger partial charge is 0.478 e. The van der Waals surface area contributed by atoms with Crippen molar-refractivity contribution in [1.29, 1.82) is 0 Å². The molecule has 1 fully saturated rings. The van der Waals surface area contributed by atoms with Gasteiger partial charge < -0.3 is 16.6 Å². The van der Waals surface area contributed by atoms with Crippen molar-refractivity contribution in [2.45, 2.75) is 44.3 Å². The highest BCUT2D eigenvalue weighted by atomic mass is 16.4. The number of carbonyl (C=O) groups is 1. The van der Waals surface area contributed by atoms with Gasteiger partial charge in [-0.25, -0.2) is 9.79 Å². The van der Waals surface area contributed by atoms with E-state index in [1.54, 1.807) is 11.9 Å². The summed E-state index contributed by atoms with van der Waals surface area (Å²) in [6.07, 6.45) is 4.26. The SMILES string of the molecule is CN(C1CCCC1)[C@](C)(N=C(N)N)C(=O)O. The number of hydrogen-bond donors (Lipinski definition) is 3. The highest BCUT2D eigenvalue weighted by Gasteiger charge is 2.41. The van der Waals surface area contributed by atoms with Crippen LogP contribution < -0.4 is 11.5 Å². The molecule has 1 aliphatic carbocycles. The number of aliphatic imine (C=N–C) groups is 1. The van der Waals surface area contributed by atoms with Crippen LogP contribution in [-0.2, 0) is 4.79 Å². The first kappa shape index (κ1) is 12.8. The fraction of sp³-hybridized carbons (Fsp3) is 0.800. The van der Waals surface area contributed by atoms with Crippen LogP contribution in [0.4, 0.5) is 0 Å². The molecule has 0 amide bonds. The Hall–Kier alpha value is -1.30. The van der Waals surface area contributed by atoms with Crippen LogP contribution in [0.15, 0.2) is 4.99 Å². The molecule has 0 aromatic carbocycles. The van der Waals surface area contributed by atoms with E-state index in [4.69, 9.17) is 11.5 Å². The Morgan fingerprint density at radius 1 is 1.44 bits per heavy atom. The van der Waals surface area contributed by atoms with Gasteiger partial charge in [-0.15, -0.1) is 0 Å². The van der Waals surface area contributed by atoms with Gasteiger partial charge in [-0.2, -0.15) is 0 Å². The van der Waals surface area contributed by atoms with E-state index in [0.717, 1.165) is 25.7 Å². The molecule has 0 unspecified atom stereocenters. The van der Waals surface area contributed by atoms with Gasteiger partial charge in [0.15, 0.2) is 5.96 Å². The lowest BCUT2D eigenvalue weighted by molar-refractivity contribution is -0.150. The molecule has 0 heterocycles. The number of nitrogens with zero attached hydrogens (tertiary/aromatic N) is 2. The molecule has 0 aliphatic heterocycles. The summed E-state index contributed by atoms with van der Waals surface area (Å²) in [4.78, 5) is 16.9. The average Bonchev–Trinajstić information content (AvgIpc) is 2.67. The fourth-order valence-corrected chi connectivity index (χ4v) is 2.18. The Kier molecular flexibility index (Phi) is 3.74. The Labute approximate surface area is 95.3 Å². The van der Waals surface area contributed by atoms with Gasteiger partial charge in [0, 0.05) is 6.04 Å². The Balaban J connectivity index is 2.92. The van der Waals surface area contributed by atoms with Gasteiger partial charge in [0.25, 0.3) is 0 Å². The summed E-state index contributed by atoms with van der Waals surface area (Å²) in [7, 11) is 1.76. The average molecular weight is 228 g/mol. The molecule has 6 heteroatoms. The van der Waals surface area contributed by atoms with Crippen molar-refractivity contribution in [2.24, 2.45) is 16.5 Å². The molecule has 0 aromatic rings. The van der Waals surface area contributed by atoms with Gasteiger partial charge in [0.05, 0.1) is 0 Å². The summed E-state index contributed by atoms with van der Waals surface area (Å²) < 4.78 is 0. The monoisotopic (exact) mass is 228 g/mol. The number of carboxylic acid groups (broad SMARTS) is 1. The topological polar surface area (TPSA) is 105 Å². The smallest absolute Gasteiger partial charge is 0.346 e. The first-order valence-corrected chi connectivity index (χ1v) is 5.45. The molecule has 1 saturated carbocycles. The molecular formula is C10H20N4O2. The zero-order chi connectivity index (χ0) is 12.3. The van der Waals surface area contributed by atoms with E-state index in [-0.39, 0.29) is 12.0 Å². The molecule has 1 atom stereocenters. The zero-order valence-electron chi connectivity index (χ0n) is 9.81. The number of aliphatic carboxylic acids is 1. The van der Waals surface area contributed by atoms with E-state index in [0.29, 0.717) is 0 Å². The van der Waals surface area contributed by atoms with Crippen LogP contribution in [-0.4, -0.2) is 40.7 Å². The summed E-state index contributed by atoms with van der Waals surface area (Å²) in [6.45, 7) is 1.52. The standard InChI is InChI=1S/C10H20N4O2/c1-10(8(15)16,13-9(11)12)14(2)7-5-3-4-6-7/h7H,3-6H2,1-2H3,(H,15,16)(H4,11,12,13)/t10-/m0/s1. The van der Waals surface area contributed by atoms with Crippen molar-refractivity contribution in [2.75, 3.05) is 7.05 Å². The predicted molar refractivity (Wildman–Crippen MR) is 61.9 cm³/mol. The van der Waals surface area contributed by atoms with Crippen molar-refractivity contribution in [3.05, 3.63) is 0 Å². The summed E-state index contributed by atoms with van der Waals surface area (Å²) >= 11 is 0. The summed E-state index contributed by atoms with van der Waals surface area (Å²) in [6, 6.07) is 0.240.